The van der Waals surface area contributed by atoms with Gasteiger partial charge in [-0.2, -0.15) is 0 Å². The van der Waals surface area contributed by atoms with Gasteiger partial charge in [0.2, 0.25) is 0 Å². The predicted molar refractivity (Wildman–Crippen MR) is 38.0 cm³/mol. The molecular formula is C6H16N2O. The fourth-order valence-electron chi connectivity index (χ4n) is 0.626. The summed E-state index contributed by atoms with van der Waals surface area (Å²) < 4.78 is 0. The van der Waals surface area contributed by atoms with Crippen molar-refractivity contribution < 1.29 is 5.11 Å². The molecule has 0 aromatic rings. The summed E-state index contributed by atoms with van der Waals surface area (Å²) in [5, 5.41) is 11.7. The van der Waals surface area contributed by atoms with E-state index in [1.54, 1.807) is 7.05 Å². The molecule has 0 saturated heterocycles. The van der Waals surface area contributed by atoms with E-state index in [4.69, 9.17) is 10.8 Å². The Morgan fingerprint density at radius 3 is 2.67 bits per heavy atom. The molecule has 0 spiro atoms. The molecule has 0 fully saturated rings. The van der Waals surface area contributed by atoms with Crippen LogP contribution in [0.1, 0.15) is 19.3 Å². The Morgan fingerprint density at radius 1 is 1.56 bits per heavy atom. The third-order valence-electron chi connectivity index (χ3n) is 1.26. The third kappa shape index (κ3) is 5.76. The van der Waals surface area contributed by atoms with Gasteiger partial charge in [0, 0.05) is 0 Å². The summed E-state index contributed by atoms with van der Waals surface area (Å²) in [6, 6.07) is 0. The van der Waals surface area contributed by atoms with E-state index in [1.807, 2.05) is 0 Å². The fraction of sp³-hybridized carbons (Fsp3) is 1.00. The molecule has 1 unspecified atom stereocenters. The average molecular weight is 132 g/mol. The van der Waals surface area contributed by atoms with Gasteiger partial charge in [0.05, 0.1) is 0 Å². The topological polar surface area (TPSA) is 58.3 Å². The van der Waals surface area contributed by atoms with Crippen molar-refractivity contribution in [3.63, 3.8) is 0 Å². The average Bonchev–Trinajstić information content (AvgIpc) is 1.89. The van der Waals surface area contributed by atoms with Gasteiger partial charge in [-0.25, -0.2) is 0 Å². The van der Waals surface area contributed by atoms with Gasteiger partial charge >= 0.3 is 0 Å². The van der Waals surface area contributed by atoms with Gasteiger partial charge in [0.25, 0.3) is 0 Å². The summed E-state index contributed by atoms with van der Waals surface area (Å²) in [4.78, 5) is 0. The molecule has 0 aliphatic heterocycles. The SMILES string of the molecule is CNC(O)CCCCN. The lowest BCUT2D eigenvalue weighted by Gasteiger charge is -2.06. The maximum Gasteiger partial charge on any atom is 0.104 e. The van der Waals surface area contributed by atoms with Crippen molar-refractivity contribution >= 4 is 0 Å². The number of nitrogens with two attached hydrogens (primary N) is 1. The molecular weight excluding hydrogens is 116 g/mol. The molecule has 0 aliphatic carbocycles. The number of rotatable bonds is 5. The van der Waals surface area contributed by atoms with Gasteiger partial charge in [-0.3, -0.25) is 5.32 Å². The molecule has 9 heavy (non-hydrogen) atoms. The van der Waals surface area contributed by atoms with Gasteiger partial charge in [-0.1, -0.05) is 0 Å². The Labute approximate surface area is 56.2 Å². The summed E-state index contributed by atoms with van der Waals surface area (Å²) in [6.07, 6.45) is 2.45. The lowest BCUT2D eigenvalue weighted by atomic mass is 10.2. The maximum atomic E-state index is 8.93. The van der Waals surface area contributed by atoms with Crippen molar-refractivity contribution in [3.05, 3.63) is 0 Å². The van der Waals surface area contributed by atoms with E-state index < -0.39 is 0 Å². The summed E-state index contributed by atoms with van der Waals surface area (Å²) in [5.41, 5.74) is 5.25. The quantitative estimate of drug-likeness (QED) is 0.354. The molecule has 0 heterocycles. The Kier molecular flexibility index (Phi) is 5.93. The number of aliphatic hydroxyl groups excluding tert-OH is 1. The molecule has 0 bridgehead atoms. The second-order valence-electron chi connectivity index (χ2n) is 2.09. The van der Waals surface area contributed by atoms with Crippen LogP contribution < -0.4 is 11.1 Å². The van der Waals surface area contributed by atoms with Crippen molar-refractivity contribution in [2.24, 2.45) is 5.73 Å². The Bertz CT molecular complexity index is 59.0. The van der Waals surface area contributed by atoms with Crippen LogP contribution in [-0.4, -0.2) is 24.9 Å². The van der Waals surface area contributed by atoms with Gasteiger partial charge in [-0.15, -0.1) is 0 Å². The largest absolute Gasteiger partial charge is 0.379 e. The second kappa shape index (κ2) is 6.01. The molecule has 0 aromatic heterocycles. The highest BCUT2D eigenvalue weighted by Crippen LogP contribution is 1.95. The van der Waals surface area contributed by atoms with Crippen molar-refractivity contribution in [1.29, 1.82) is 0 Å². The third-order valence-corrected chi connectivity index (χ3v) is 1.26. The van der Waals surface area contributed by atoms with E-state index in [9.17, 15) is 0 Å². The maximum absolute atomic E-state index is 8.93. The Hall–Kier alpha value is -0.120. The minimum absolute atomic E-state index is 0.350. The second-order valence-corrected chi connectivity index (χ2v) is 2.09. The molecule has 0 saturated carbocycles. The van der Waals surface area contributed by atoms with E-state index in [0.29, 0.717) is 0 Å². The fourth-order valence-corrected chi connectivity index (χ4v) is 0.626. The predicted octanol–water partition coefficient (Wildman–Crippen LogP) is -0.347. The molecule has 3 heteroatoms. The molecule has 0 radical (unpaired) electrons. The standard InChI is InChI=1S/C6H16N2O/c1-8-6(9)4-2-3-5-7/h6,8-9H,2-5,7H2,1H3. The molecule has 0 amide bonds. The smallest absolute Gasteiger partial charge is 0.104 e. The van der Waals surface area contributed by atoms with Crippen LogP contribution in [0.25, 0.3) is 0 Å². The van der Waals surface area contributed by atoms with E-state index in [1.165, 1.54) is 0 Å². The summed E-state index contributed by atoms with van der Waals surface area (Å²) in [5.74, 6) is 0. The van der Waals surface area contributed by atoms with Gasteiger partial charge in [0.1, 0.15) is 6.23 Å². The first-order chi connectivity index (χ1) is 4.31. The van der Waals surface area contributed by atoms with E-state index in [2.05, 4.69) is 5.32 Å². The zero-order valence-electron chi connectivity index (χ0n) is 5.93. The van der Waals surface area contributed by atoms with Crippen LogP contribution in [0.5, 0.6) is 0 Å². The van der Waals surface area contributed by atoms with Crippen LogP contribution >= 0.6 is 0 Å². The molecule has 0 aliphatic rings. The lowest BCUT2D eigenvalue weighted by Crippen LogP contribution is -2.24. The molecule has 4 N–H and O–H groups in total. The Balaban J connectivity index is 2.88. The molecule has 1 atom stereocenters. The lowest BCUT2D eigenvalue weighted by molar-refractivity contribution is 0.134. The van der Waals surface area contributed by atoms with E-state index in [-0.39, 0.29) is 6.23 Å². The molecule has 0 aromatic carbocycles. The van der Waals surface area contributed by atoms with Crippen molar-refractivity contribution in [2.45, 2.75) is 25.5 Å². The molecule has 0 rings (SSSR count). The summed E-state index contributed by atoms with van der Waals surface area (Å²) in [6.45, 7) is 0.719. The monoisotopic (exact) mass is 132 g/mol. The van der Waals surface area contributed by atoms with Crippen molar-refractivity contribution in [2.75, 3.05) is 13.6 Å². The van der Waals surface area contributed by atoms with Crippen LogP contribution in [0, 0.1) is 0 Å². The first-order valence-corrected chi connectivity index (χ1v) is 3.36. The van der Waals surface area contributed by atoms with Gasteiger partial charge in [-0.05, 0) is 32.9 Å². The zero-order valence-corrected chi connectivity index (χ0v) is 5.93. The van der Waals surface area contributed by atoms with Crippen LogP contribution in [0.15, 0.2) is 0 Å². The van der Waals surface area contributed by atoms with E-state index in [0.717, 1.165) is 25.8 Å². The first-order valence-electron chi connectivity index (χ1n) is 3.36. The summed E-state index contributed by atoms with van der Waals surface area (Å²) >= 11 is 0. The Morgan fingerprint density at radius 2 is 2.22 bits per heavy atom. The van der Waals surface area contributed by atoms with E-state index >= 15 is 0 Å². The number of aliphatic hydroxyl groups is 1. The van der Waals surface area contributed by atoms with Gasteiger partial charge in [0.15, 0.2) is 0 Å². The number of nitrogens with one attached hydrogen (secondary N) is 1. The zero-order chi connectivity index (χ0) is 7.11. The van der Waals surface area contributed by atoms with Crippen LogP contribution in [0.4, 0.5) is 0 Å². The highest BCUT2D eigenvalue weighted by molar-refractivity contribution is 4.49. The number of unbranched alkanes of at least 4 members (excludes halogenated alkanes) is 1. The minimum Gasteiger partial charge on any atom is -0.379 e. The highest BCUT2D eigenvalue weighted by atomic mass is 16.3. The molecule has 56 valence electrons. The summed E-state index contributed by atoms with van der Waals surface area (Å²) in [7, 11) is 1.74. The van der Waals surface area contributed by atoms with Crippen molar-refractivity contribution in [1.82, 2.24) is 5.32 Å². The van der Waals surface area contributed by atoms with Crippen LogP contribution in [0.3, 0.4) is 0 Å². The van der Waals surface area contributed by atoms with Crippen LogP contribution in [-0.2, 0) is 0 Å². The van der Waals surface area contributed by atoms with Gasteiger partial charge < -0.3 is 10.8 Å². The van der Waals surface area contributed by atoms with Crippen LogP contribution in [0.2, 0.25) is 0 Å². The minimum atomic E-state index is -0.350. The number of hydrogen-bond acceptors (Lipinski definition) is 3. The first kappa shape index (κ1) is 8.88. The number of hydrogen-bond donors (Lipinski definition) is 3. The normalized spacial score (nSPS) is 13.7. The van der Waals surface area contributed by atoms with Crippen molar-refractivity contribution in [3.8, 4) is 0 Å². The molecule has 3 nitrogen and oxygen atoms in total. The highest BCUT2D eigenvalue weighted by Gasteiger charge is 1.96.